The van der Waals surface area contributed by atoms with Gasteiger partial charge in [0.2, 0.25) is 5.91 Å². The average molecular weight is 289 g/mol. The molecule has 1 unspecified atom stereocenters. The molecule has 0 spiro atoms. The first kappa shape index (κ1) is 15.8. The summed E-state index contributed by atoms with van der Waals surface area (Å²) in [5, 5.41) is 6.85. The second kappa shape index (κ2) is 6.94. The van der Waals surface area contributed by atoms with E-state index in [2.05, 4.69) is 41.8 Å². The molecule has 3 atom stereocenters. The number of hydrogen-bond donors (Lipinski definition) is 2. The van der Waals surface area contributed by atoms with Crippen molar-refractivity contribution in [2.45, 2.75) is 38.8 Å². The molecule has 1 amide bonds. The maximum absolute atomic E-state index is 11.8. The summed E-state index contributed by atoms with van der Waals surface area (Å²) in [6.07, 6.45) is 2.48. The summed E-state index contributed by atoms with van der Waals surface area (Å²) in [6.45, 7) is 5.28. The van der Waals surface area contributed by atoms with E-state index in [9.17, 15) is 4.79 Å². The van der Waals surface area contributed by atoms with Gasteiger partial charge in [0, 0.05) is 25.8 Å². The van der Waals surface area contributed by atoms with Crippen molar-refractivity contribution in [3.8, 4) is 0 Å². The van der Waals surface area contributed by atoms with Gasteiger partial charge in [-0.05, 0) is 49.9 Å². The Morgan fingerprint density at radius 1 is 1.29 bits per heavy atom. The molecule has 2 rings (SSSR count). The van der Waals surface area contributed by atoms with Gasteiger partial charge in [0.05, 0.1) is 0 Å². The Morgan fingerprint density at radius 2 is 1.95 bits per heavy atom. The lowest BCUT2D eigenvalue weighted by Crippen LogP contribution is -2.36. The van der Waals surface area contributed by atoms with Gasteiger partial charge >= 0.3 is 0 Å². The summed E-state index contributed by atoms with van der Waals surface area (Å²) in [5.74, 6) is 0.863. The van der Waals surface area contributed by atoms with Crippen LogP contribution in [0.2, 0.25) is 0 Å². The lowest BCUT2D eigenvalue weighted by atomic mass is 9.92. The third kappa shape index (κ3) is 4.21. The fourth-order valence-corrected chi connectivity index (χ4v) is 2.79. The average Bonchev–Trinajstić information content (AvgIpc) is 2.48. The first-order chi connectivity index (χ1) is 9.97. The van der Waals surface area contributed by atoms with Crippen molar-refractivity contribution in [2.75, 3.05) is 26.0 Å². The lowest BCUT2D eigenvalue weighted by Gasteiger charge is -2.28. The molecule has 0 aliphatic carbocycles. The van der Waals surface area contributed by atoms with Crippen LogP contribution in [0.1, 0.15) is 38.3 Å². The Bertz CT molecular complexity index is 461. The first-order valence-corrected chi connectivity index (χ1v) is 7.78. The van der Waals surface area contributed by atoms with Gasteiger partial charge < -0.3 is 15.5 Å². The Labute approximate surface area is 127 Å². The number of carbonyl (C=O) groups excluding carboxylic acids is 1. The Morgan fingerprint density at radius 3 is 2.48 bits per heavy atom. The highest BCUT2D eigenvalue weighted by atomic mass is 16.2. The molecule has 1 saturated heterocycles. The Kier molecular flexibility index (Phi) is 5.23. The van der Waals surface area contributed by atoms with Crippen molar-refractivity contribution in [1.82, 2.24) is 10.2 Å². The van der Waals surface area contributed by atoms with Gasteiger partial charge in [0.25, 0.3) is 0 Å². The smallest absolute Gasteiger partial charge is 0.244 e. The van der Waals surface area contributed by atoms with Gasteiger partial charge in [-0.3, -0.25) is 4.79 Å². The summed E-state index contributed by atoms with van der Waals surface area (Å²) < 4.78 is 0. The normalized spacial score (nSPS) is 23.4. The molecule has 0 bridgehead atoms. The van der Waals surface area contributed by atoms with Crippen LogP contribution in [0.25, 0.3) is 0 Å². The van der Waals surface area contributed by atoms with Crippen molar-refractivity contribution in [3.63, 3.8) is 0 Å². The van der Waals surface area contributed by atoms with E-state index < -0.39 is 0 Å². The standard InChI is InChI=1S/C17H27N3O/c1-12-5-10-16(18-11-12)14-6-8-15(9-7-14)19-13(2)17(21)20(3)4/h6-9,12-13,16,18-19H,5,10-11H2,1-4H3/t12-,13?,16+/m1/s1. The van der Waals surface area contributed by atoms with Crippen LogP contribution in [-0.4, -0.2) is 37.5 Å². The van der Waals surface area contributed by atoms with Gasteiger partial charge in [-0.2, -0.15) is 0 Å². The molecule has 1 heterocycles. The fraction of sp³-hybridized carbons (Fsp3) is 0.588. The van der Waals surface area contributed by atoms with Gasteiger partial charge in [0.15, 0.2) is 0 Å². The van der Waals surface area contributed by atoms with E-state index in [-0.39, 0.29) is 11.9 Å². The van der Waals surface area contributed by atoms with E-state index in [0.29, 0.717) is 6.04 Å². The topological polar surface area (TPSA) is 44.4 Å². The second-order valence-corrected chi connectivity index (χ2v) is 6.36. The van der Waals surface area contributed by atoms with Crippen LogP contribution in [0, 0.1) is 5.92 Å². The van der Waals surface area contributed by atoms with Crippen molar-refractivity contribution in [3.05, 3.63) is 29.8 Å². The van der Waals surface area contributed by atoms with Crippen LogP contribution in [0.4, 0.5) is 5.69 Å². The van der Waals surface area contributed by atoms with Gasteiger partial charge in [-0.15, -0.1) is 0 Å². The molecule has 0 aromatic heterocycles. The number of benzene rings is 1. The number of hydrogen-bond acceptors (Lipinski definition) is 3. The van der Waals surface area contributed by atoms with Gasteiger partial charge in [0.1, 0.15) is 6.04 Å². The maximum atomic E-state index is 11.8. The summed E-state index contributed by atoms with van der Waals surface area (Å²) in [7, 11) is 3.55. The molecule has 0 radical (unpaired) electrons. The number of amides is 1. The lowest BCUT2D eigenvalue weighted by molar-refractivity contribution is -0.129. The monoisotopic (exact) mass is 289 g/mol. The molecule has 1 aromatic carbocycles. The summed E-state index contributed by atoms with van der Waals surface area (Å²) in [4.78, 5) is 13.5. The minimum atomic E-state index is -0.209. The van der Waals surface area contributed by atoms with E-state index >= 15 is 0 Å². The van der Waals surface area contributed by atoms with Gasteiger partial charge in [-0.1, -0.05) is 19.1 Å². The van der Waals surface area contributed by atoms with Crippen molar-refractivity contribution < 1.29 is 4.79 Å². The quantitative estimate of drug-likeness (QED) is 0.895. The third-order valence-corrected chi connectivity index (χ3v) is 4.17. The van der Waals surface area contributed by atoms with Gasteiger partial charge in [-0.25, -0.2) is 0 Å². The summed E-state index contributed by atoms with van der Waals surface area (Å²) in [6, 6.07) is 8.70. The molecule has 2 N–H and O–H groups in total. The number of likely N-dealkylation sites (N-methyl/N-ethyl adjacent to an activating group) is 1. The molecular weight excluding hydrogens is 262 g/mol. The molecule has 4 heteroatoms. The van der Waals surface area contributed by atoms with Crippen molar-refractivity contribution in [1.29, 1.82) is 0 Å². The van der Waals surface area contributed by atoms with Crippen LogP contribution >= 0.6 is 0 Å². The molecule has 21 heavy (non-hydrogen) atoms. The fourth-order valence-electron chi connectivity index (χ4n) is 2.79. The summed E-state index contributed by atoms with van der Waals surface area (Å²) >= 11 is 0. The van der Waals surface area contributed by atoms with Crippen molar-refractivity contribution in [2.24, 2.45) is 5.92 Å². The van der Waals surface area contributed by atoms with E-state index in [1.54, 1.807) is 19.0 Å². The highest BCUT2D eigenvalue weighted by molar-refractivity contribution is 5.83. The molecule has 1 aliphatic rings. The zero-order chi connectivity index (χ0) is 15.4. The van der Waals surface area contributed by atoms with Crippen LogP contribution < -0.4 is 10.6 Å². The largest absolute Gasteiger partial charge is 0.374 e. The van der Waals surface area contributed by atoms with E-state index in [0.717, 1.165) is 18.2 Å². The predicted octanol–water partition coefficient (Wildman–Crippen LogP) is 2.64. The van der Waals surface area contributed by atoms with Crippen LogP contribution in [0.15, 0.2) is 24.3 Å². The van der Waals surface area contributed by atoms with Crippen LogP contribution in [0.5, 0.6) is 0 Å². The second-order valence-electron chi connectivity index (χ2n) is 6.36. The molecule has 0 saturated carbocycles. The molecule has 1 aliphatic heterocycles. The number of piperidine rings is 1. The number of anilines is 1. The minimum Gasteiger partial charge on any atom is -0.374 e. The molecule has 4 nitrogen and oxygen atoms in total. The minimum absolute atomic E-state index is 0.0852. The van der Waals surface area contributed by atoms with Crippen LogP contribution in [-0.2, 0) is 4.79 Å². The van der Waals surface area contributed by atoms with E-state index in [1.807, 2.05) is 6.92 Å². The first-order valence-electron chi connectivity index (χ1n) is 7.78. The number of nitrogens with zero attached hydrogens (tertiary/aromatic N) is 1. The molecule has 1 aromatic rings. The van der Waals surface area contributed by atoms with Crippen molar-refractivity contribution >= 4 is 11.6 Å². The summed E-state index contributed by atoms with van der Waals surface area (Å²) in [5.41, 5.74) is 2.32. The third-order valence-electron chi connectivity index (χ3n) is 4.17. The zero-order valence-corrected chi connectivity index (χ0v) is 13.5. The molecule has 1 fully saturated rings. The van der Waals surface area contributed by atoms with Crippen LogP contribution in [0.3, 0.4) is 0 Å². The van der Waals surface area contributed by atoms with E-state index in [1.165, 1.54) is 18.4 Å². The highest BCUT2D eigenvalue weighted by Gasteiger charge is 2.19. The number of rotatable bonds is 4. The number of nitrogens with one attached hydrogen (secondary N) is 2. The Balaban J connectivity index is 1.94. The van der Waals surface area contributed by atoms with E-state index in [4.69, 9.17) is 0 Å². The maximum Gasteiger partial charge on any atom is 0.244 e. The predicted molar refractivity (Wildman–Crippen MR) is 87.4 cm³/mol. The Hall–Kier alpha value is -1.55. The molecule has 116 valence electrons. The zero-order valence-electron chi connectivity index (χ0n) is 13.5. The SMILES string of the molecule is CC(Nc1ccc([C@@H]2CC[C@@H](C)CN2)cc1)C(=O)N(C)C. The highest BCUT2D eigenvalue weighted by Crippen LogP contribution is 2.26. The molecular formula is C17H27N3O. The number of carbonyl (C=O) groups is 1.